The third-order valence-electron chi connectivity index (χ3n) is 2.80. The van der Waals surface area contributed by atoms with Gasteiger partial charge in [0.1, 0.15) is 0 Å². The number of likely N-dealkylation sites (tertiary alicyclic amines) is 1. The highest BCUT2D eigenvalue weighted by molar-refractivity contribution is 8.00. The van der Waals surface area contributed by atoms with E-state index >= 15 is 0 Å². The van der Waals surface area contributed by atoms with Gasteiger partial charge in [-0.15, -0.1) is 11.6 Å². The summed E-state index contributed by atoms with van der Waals surface area (Å²) >= 11 is 5.84. The molecular formula is C9H15ClF3NS. The lowest BCUT2D eigenvalue weighted by Crippen LogP contribution is -2.35. The summed E-state index contributed by atoms with van der Waals surface area (Å²) in [5.41, 5.74) is -4.11. The lowest BCUT2D eigenvalue weighted by atomic mass is 10.1. The molecule has 1 saturated heterocycles. The number of nitrogens with zero attached hydrogens (tertiary/aromatic N) is 1. The summed E-state index contributed by atoms with van der Waals surface area (Å²) in [5, 5.41) is 0. The fourth-order valence-corrected chi connectivity index (χ4v) is 2.95. The molecule has 15 heavy (non-hydrogen) atoms. The third kappa shape index (κ3) is 4.41. The lowest BCUT2D eigenvalue weighted by molar-refractivity contribution is -0.0328. The molecule has 6 heteroatoms. The highest BCUT2D eigenvalue weighted by Gasteiger charge is 2.32. The van der Waals surface area contributed by atoms with Crippen LogP contribution in [0.5, 0.6) is 0 Å². The Balaban J connectivity index is 2.27. The van der Waals surface area contributed by atoms with Crippen molar-refractivity contribution in [3.63, 3.8) is 0 Å². The number of rotatable bonds is 4. The van der Waals surface area contributed by atoms with Gasteiger partial charge >= 0.3 is 5.51 Å². The second-order valence-electron chi connectivity index (χ2n) is 3.82. The van der Waals surface area contributed by atoms with Gasteiger partial charge in [-0.2, -0.15) is 13.2 Å². The molecular weight excluding hydrogens is 247 g/mol. The van der Waals surface area contributed by atoms with E-state index in [-0.39, 0.29) is 23.6 Å². The SMILES string of the molecule is CC1CCN(CCSC(F)(F)F)C1CCl. The molecule has 0 spiro atoms. The summed E-state index contributed by atoms with van der Waals surface area (Å²) in [4.78, 5) is 2.07. The summed E-state index contributed by atoms with van der Waals surface area (Å²) in [7, 11) is 0. The molecule has 0 amide bonds. The van der Waals surface area contributed by atoms with Crippen LogP contribution < -0.4 is 0 Å². The van der Waals surface area contributed by atoms with Gasteiger partial charge in [-0.05, 0) is 30.6 Å². The van der Waals surface area contributed by atoms with Crippen LogP contribution in [-0.4, -0.2) is 41.2 Å². The zero-order chi connectivity index (χ0) is 11.5. The van der Waals surface area contributed by atoms with Gasteiger partial charge < -0.3 is 0 Å². The second kappa shape index (κ2) is 5.64. The van der Waals surface area contributed by atoms with E-state index in [1.807, 2.05) is 0 Å². The van der Waals surface area contributed by atoms with Crippen molar-refractivity contribution in [3.8, 4) is 0 Å². The summed E-state index contributed by atoms with van der Waals surface area (Å²) in [5.74, 6) is 1.11. The lowest BCUT2D eigenvalue weighted by Gasteiger charge is -2.24. The highest BCUT2D eigenvalue weighted by Crippen LogP contribution is 2.31. The fourth-order valence-electron chi connectivity index (χ4n) is 1.89. The van der Waals surface area contributed by atoms with Crippen LogP contribution in [0.15, 0.2) is 0 Å². The van der Waals surface area contributed by atoms with Crippen molar-refractivity contribution < 1.29 is 13.2 Å². The Labute approximate surface area is 97.3 Å². The molecule has 0 N–H and O–H groups in total. The van der Waals surface area contributed by atoms with Gasteiger partial charge in [-0.3, -0.25) is 4.90 Å². The third-order valence-corrected chi connectivity index (χ3v) is 3.83. The Morgan fingerprint density at radius 3 is 2.67 bits per heavy atom. The standard InChI is InChI=1S/C9H15ClF3NS/c1-7-2-3-14(8(7)6-10)4-5-15-9(11,12)13/h7-8H,2-6H2,1H3. The van der Waals surface area contributed by atoms with Crippen molar-refractivity contribution in [1.82, 2.24) is 4.90 Å². The molecule has 2 unspecified atom stereocenters. The van der Waals surface area contributed by atoms with Crippen molar-refractivity contribution in [2.75, 3.05) is 24.7 Å². The molecule has 1 aliphatic heterocycles. The van der Waals surface area contributed by atoms with E-state index in [4.69, 9.17) is 11.6 Å². The first-order valence-electron chi connectivity index (χ1n) is 4.94. The van der Waals surface area contributed by atoms with Gasteiger partial charge in [-0.25, -0.2) is 0 Å². The zero-order valence-electron chi connectivity index (χ0n) is 8.56. The molecule has 0 saturated carbocycles. The van der Waals surface area contributed by atoms with Crippen LogP contribution in [0.3, 0.4) is 0 Å². The van der Waals surface area contributed by atoms with Gasteiger partial charge in [0.05, 0.1) is 0 Å². The maximum absolute atomic E-state index is 11.9. The molecule has 1 fully saturated rings. The minimum atomic E-state index is -4.11. The normalized spacial score (nSPS) is 28.6. The Kier molecular flexibility index (Phi) is 5.06. The van der Waals surface area contributed by atoms with Crippen molar-refractivity contribution >= 4 is 23.4 Å². The number of halogens is 4. The van der Waals surface area contributed by atoms with Crippen LogP contribution in [0, 0.1) is 5.92 Å². The molecule has 1 nitrogen and oxygen atoms in total. The highest BCUT2D eigenvalue weighted by atomic mass is 35.5. The predicted octanol–water partition coefficient (Wildman–Crippen LogP) is 3.19. The van der Waals surface area contributed by atoms with Crippen LogP contribution in [0.1, 0.15) is 13.3 Å². The molecule has 0 aliphatic carbocycles. The first kappa shape index (κ1) is 13.5. The molecule has 0 aromatic rings. The molecule has 1 aliphatic rings. The summed E-state index contributed by atoms with van der Waals surface area (Å²) in [6.07, 6.45) is 1.04. The minimum Gasteiger partial charge on any atom is -0.298 e. The molecule has 2 atom stereocenters. The van der Waals surface area contributed by atoms with Crippen molar-refractivity contribution in [2.24, 2.45) is 5.92 Å². The van der Waals surface area contributed by atoms with E-state index in [9.17, 15) is 13.2 Å². The number of hydrogen-bond donors (Lipinski definition) is 0. The molecule has 0 bridgehead atoms. The zero-order valence-corrected chi connectivity index (χ0v) is 10.1. The molecule has 1 rings (SSSR count). The molecule has 1 heterocycles. The van der Waals surface area contributed by atoms with E-state index < -0.39 is 5.51 Å². The van der Waals surface area contributed by atoms with Crippen LogP contribution in [0.2, 0.25) is 0 Å². The Morgan fingerprint density at radius 2 is 2.13 bits per heavy atom. The maximum Gasteiger partial charge on any atom is 0.441 e. The maximum atomic E-state index is 11.9. The van der Waals surface area contributed by atoms with E-state index in [2.05, 4.69) is 11.8 Å². The van der Waals surface area contributed by atoms with E-state index in [1.54, 1.807) is 0 Å². The van der Waals surface area contributed by atoms with Crippen molar-refractivity contribution in [2.45, 2.75) is 24.9 Å². The first-order valence-corrected chi connectivity index (χ1v) is 6.46. The fraction of sp³-hybridized carbons (Fsp3) is 1.00. The molecule has 0 aromatic heterocycles. The topological polar surface area (TPSA) is 3.24 Å². The smallest absolute Gasteiger partial charge is 0.298 e. The van der Waals surface area contributed by atoms with Crippen LogP contribution >= 0.6 is 23.4 Å². The van der Waals surface area contributed by atoms with Crippen LogP contribution in [0.4, 0.5) is 13.2 Å². The number of hydrogen-bond acceptors (Lipinski definition) is 2. The Hall–Kier alpha value is 0.390. The van der Waals surface area contributed by atoms with Gasteiger partial charge in [-0.1, -0.05) is 6.92 Å². The van der Waals surface area contributed by atoms with Gasteiger partial charge in [0, 0.05) is 24.2 Å². The largest absolute Gasteiger partial charge is 0.441 e. The first-order chi connectivity index (χ1) is 6.94. The van der Waals surface area contributed by atoms with Crippen molar-refractivity contribution in [1.29, 1.82) is 0 Å². The van der Waals surface area contributed by atoms with Crippen LogP contribution in [-0.2, 0) is 0 Å². The molecule has 0 radical (unpaired) electrons. The number of thioether (sulfide) groups is 1. The average Bonchev–Trinajstić information content (AvgIpc) is 2.44. The quantitative estimate of drug-likeness (QED) is 0.715. The second-order valence-corrected chi connectivity index (χ2v) is 5.29. The van der Waals surface area contributed by atoms with Gasteiger partial charge in [0.2, 0.25) is 0 Å². The molecule has 90 valence electrons. The molecule has 0 aromatic carbocycles. The average molecular weight is 262 g/mol. The summed E-state index contributed by atoms with van der Waals surface area (Å²) < 4.78 is 35.7. The summed E-state index contributed by atoms with van der Waals surface area (Å²) in [6, 6.07) is 0.250. The van der Waals surface area contributed by atoms with Gasteiger partial charge in [0.15, 0.2) is 0 Å². The monoisotopic (exact) mass is 261 g/mol. The van der Waals surface area contributed by atoms with Crippen LogP contribution in [0.25, 0.3) is 0 Å². The van der Waals surface area contributed by atoms with E-state index in [0.717, 1.165) is 13.0 Å². The van der Waals surface area contributed by atoms with E-state index in [1.165, 1.54) is 0 Å². The van der Waals surface area contributed by atoms with Gasteiger partial charge in [0.25, 0.3) is 0 Å². The Morgan fingerprint density at radius 1 is 1.47 bits per heavy atom. The van der Waals surface area contributed by atoms with Crippen molar-refractivity contribution in [3.05, 3.63) is 0 Å². The predicted molar refractivity (Wildman–Crippen MR) is 58.4 cm³/mol. The minimum absolute atomic E-state index is 0.0494. The summed E-state index contributed by atoms with van der Waals surface area (Å²) in [6.45, 7) is 3.45. The Bertz CT molecular complexity index is 200. The number of alkyl halides is 4. The van der Waals surface area contributed by atoms with E-state index in [0.29, 0.717) is 18.3 Å².